The molecule has 1 aromatic heterocycles. The summed E-state index contributed by atoms with van der Waals surface area (Å²) >= 11 is 0. The van der Waals surface area contributed by atoms with Crippen molar-refractivity contribution in [3.05, 3.63) is 47.8 Å². The van der Waals surface area contributed by atoms with Crippen molar-refractivity contribution in [3.8, 4) is 0 Å². The maximum Gasteiger partial charge on any atom is 0.228 e. The summed E-state index contributed by atoms with van der Waals surface area (Å²) in [4.78, 5) is 18.9. The lowest BCUT2D eigenvalue weighted by Gasteiger charge is -2.23. The van der Waals surface area contributed by atoms with Crippen molar-refractivity contribution in [1.82, 2.24) is 14.5 Å². The molecule has 1 aromatic carbocycles. The number of amides is 1. The van der Waals surface area contributed by atoms with Gasteiger partial charge in [-0.25, -0.2) is 13.4 Å². The fourth-order valence-electron chi connectivity index (χ4n) is 3.56. The molecule has 0 bridgehead atoms. The highest BCUT2D eigenvalue weighted by Gasteiger charge is 2.40. The first-order chi connectivity index (χ1) is 14.0. The van der Waals surface area contributed by atoms with Gasteiger partial charge in [-0.05, 0) is 31.2 Å². The zero-order valence-corrected chi connectivity index (χ0v) is 17.5. The minimum atomic E-state index is -3.63. The predicted octanol–water partition coefficient (Wildman–Crippen LogP) is 2.40. The van der Waals surface area contributed by atoms with Crippen molar-refractivity contribution < 1.29 is 17.9 Å². The molecule has 0 radical (unpaired) electrons. The molecule has 2 saturated carbocycles. The van der Waals surface area contributed by atoms with E-state index in [0.717, 1.165) is 36.9 Å². The van der Waals surface area contributed by atoms with Gasteiger partial charge < -0.3 is 14.2 Å². The highest BCUT2D eigenvalue weighted by Crippen LogP contribution is 2.37. The van der Waals surface area contributed by atoms with Gasteiger partial charge in [0.1, 0.15) is 0 Å². The zero-order chi connectivity index (χ0) is 20.4. The summed E-state index contributed by atoms with van der Waals surface area (Å²) in [5, 5.41) is 0.0445. The van der Waals surface area contributed by atoms with E-state index in [1.807, 2.05) is 23.1 Å². The van der Waals surface area contributed by atoms with E-state index in [-0.39, 0.29) is 28.8 Å². The number of benzene rings is 1. The minimum absolute atomic E-state index is 0.0445. The van der Waals surface area contributed by atoms with Crippen LogP contribution in [0.5, 0.6) is 0 Å². The summed E-state index contributed by atoms with van der Waals surface area (Å²) in [5.74, 6) is 0.234. The van der Waals surface area contributed by atoms with E-state index in [1.54, 1.807) is 30.0 Å². The molecule has 2 aliphatic carbocycles. The minimum Gasteiger partial charge on any atom is -0.383 e. The summed E-state index contributed by atoms with van der Waals surface area (Å²) < 4.78 is 33.1. The molecule has 0 saturated heterocycles. The monoisotopic (exact) mass is 417 g/mol. The molecule has 4 rings (SSSR count). The van der Waals surface area contributed by atoms with Crippen LogP contribution in [-0.4, -0.2) is 48.5 Å². The Morgan fingerprint density at radius 3 is 2.55 bits per heavy atom. The molecule has 0 aliphatic heterocycles. The molecule has 2 fully saturated rings. The van der Waals surface area contributed by atoms with E-state index in [4.69, 9.17) is 4.74 Å². The Kier molecular flexibility index (Phi) is 5.74. The van der Waals surface area contributed by atoms with Gasteiger partial charge in [-0.2, -0.15) is 0 Å². The first-order valence-corrected chi connectivity index (χ1v) is 11.8. The maximum absolute atomic E-state index is 13.1. The molecule has 2 aliphatic rings. The summed E-state index contributed by atoms with van der Waals surface area (Å²) in [6.45, 7) is 1.15. The lowest BCUT2D eigenvalue weighted by Crippen LogP contribution is -2.34. The van der Waals surface area contributed by atoms with Crippen LogP contribution in [0.25, 0.3) is 0 Å². The van der Waals surface area contributed by atoms with E-state index >= 15 is 0 Å². The number of ether oxygens (including phenoxy) is 1. The van der Waals surface area contributed by atoms with Crippen LogP contribution in [0.2, 0.25) is 0 Å². The third-order valence-electron chi connectivity index (χ3n) is 5.43. The molecule has 156 valence electrons. The summed E-state index contributed by atoms with van der Waals surface area (Å²) in [7, 11) is -2.04. The van der Waals surface area contributed by atoms with Crippen molar-refractivity contribution >= 4 is 15.7 Å². The van der Waals surface area contributed by atoms with Gasteiger partial charge in [0.2, 0.25) is 20.9 Å². The SMILES string of the molecule is COCCn1c(CN(C(=O)C2CC2)C2CC2)cnc1S(=O)(=O)Cc1ccccc1. The number of hydrogen-bond acceptors (Lipinski definition) is 5. The molecule has 0 N–H and O–H groups in total. The topological polar surface area (TPSA) is 81.5 Å². The second kappa shape index (κ2) is 8.28. The molecule has 2 aromatic rings. The molecule has 7 nitrogen and oxygen atoms in total. The number of aromatic nitrogens is 2. The summed E-state index contributed by atoms with van der Waals surface area (Å²) in [5.41, 5.74) is 1.47. The van der Waals surface area contributed by atoms with Crippen molar-refractivity contribution in [3.63, 3.8) is 0 Å². The molecule has 0 spiro atoms. The Morgan fingerprint density at radius 1 is 1.21 bits per heavy atom. The zero-order valence-electron chi connectivity index (χ0n) is 16.7. The summed E-state index contributed by atoms with van der Waals surface area (Å²) in [6.07, 6.45) is 5.56. The number of imidazole rings is 1. The van der Waals surface area contributed by atoms with E-state index in [2.05, 4.69) is 4.98 Å². The number of sulfone groups is 1. The Morgan fingerprint density at radius 2 is 1.93 bits per heavy atom. The van der Waals surface area contributed by atoms with Gasteiger partial charge >= 0.3 is 0 Å². The normalized spacial score (nSPS) is 16.7. The number of carbonyl (C=O) groups excluding carboxylic acids is 1. The number of nitrogens with zero attached hydrogens (tertiary/aromatic N) is 3. The molecular weight excluding hydrogens is 390 g/mol. The van der Waals surface area contributed by atoms with Gasteiger partial charge in [0, 0.05) is 25.6 Å². The molecule has 1 heterocycles. The van der Waals surface area contributed by atoms with Gasteiger partial charge in [0.15, 0.2) is 0 Å². The van der Waals surface area contributed by atoms with E-state index in [1.165, 1.54) is 0 Å². The smallest absolute Gasteiger partial charge is 0.228 e. The van der Waals surface area contributed by atoms with E-state index in [0.29, 0.717) is 19.7 Å². The van der Waals surface area contributed by atoms with E-state index in [9.17, 15) is 13.2 Å². The van der Waals surface area contributed by atoms with Crippen LogP contribution in [0.3, 0.4) is 0 Å². The maximum atomic E-state index is 13.1. The molecule has 0 unspecified atom stereocenters. The van der Waals surface area contributed by atoms with Crippen LogP contribution < -0.4 is 0 Å². The standard InChI is InChI=1S/C21H27N3O4S/c1-28-12-11-23-19(14-24(18-9-10-18)20(25)17-7-8-17)13-22-21(23)29(26,27)15-16-5-3-2-4-6-16/h2-6,13,17-18H,7-12,14-15H2,1H3. The van der Waals surface area contributed by atoms with Crippen molar-refractivity contribution in [2.75, 3.05) is 13.7 Å². The largest absolute Gasteiger partial charge is 0.383 e. The fourth-order valence-corrected chi connectivity index (χ4v) is 5.08. The first kappa shape index (κ1) is 20.1. The average molecular weight is 418 g/mol. The van der Waals surface area contributed by atoms with Gasteiger partial charge in [-0.3, -0.25) is 4.79 Å². The molecule has 0 atom stereocenters. The first-order valence-electron chi connectivity index (χ1n) is 10.1. The van der Waals surface area contributed by atoms with Gasteiger partial charge in [-0.1, -0.05) is 30.3 Å². The Labute approximate surface area is 171 Å². The third kappa shape index (κ3) is 4.70. The van der Waals surface area contributed by atoms with Crippen molar-refractivity contribution in [2.24, 2.45) is 5.92 Å². The number of methoxy groups -OCH3 is 1. The Balaban J connectivity index is 1.61. The van der Waals surface area contributed by atoms with Crippen LogP contribution in [0.1, 0.15) is 36.9 Å². The molecular formula is C21H27N3O4S. The van der Waals surface area contributed by atoms with Crippen molar-refractivity contribution in [1.29, 1.82) is 0 Å². The highest BCUT2D eigenvalue weighted by atomic mass is 32.2. The van der Waals surface area contributed by atoms with Gasteiger partial charge in [-0.15, -0.1) is 0 Å². The third-order valence-corrected chi connectivity index (χ3v) is 7.02. The van der Waals surface area contributed by atoms with Crippen LogP contribution in [0.15, 0.2) is 41.7 Å². The van der Waals surface area contributed by atoms with Gasteiger partial charge in [0.05, 0.1) is 30.8 Å². The van der Waals surface area contributed by atoms with Crippen LogP contribution in [0, 0.1) is 5.92 Å². The highest BCUT2D eigenvalue weighted by molar-refractivity contribution is 7.90. The van der Waals surface area contributed by atoms with Crippen molar-refractivity contribution in [2.45, 2.75) is 55.7 Å². The van der Waals surface area contributed by atoms with Gasteiger partial charge in [0.25, 0.3) is 0 Å². The number of hydrogen-bond donors (Lipinski definition) is 0. The lowest BCUT2D eigenvalue weighted by atomic mass is 10.2. The average Bonchev–Trinajstić information content (AvgIpc) is 3.61. The van der Waals surface area contributed by atoms with Crippen LogP contribution >= 0.6 is 0 Å². The summed E-state index contributed by atoms with van der Waals surface area (Å²) in [6, 6.07) is 9.37. The second-order valence-corrected chi connectivity index (χ2v) is 9.78. The molecule has 29 heavy (non-hydrogen) atoms. The van der Waals surface area contributed by atoms with Crippen LogP contribution in [0.4, 0.5) is 0 Å². The quantitative estimate of drug-likeness (QED) is 0.593. The van der Waals surface area contributed by atoms with E-state index < -0.39 is 9.84 Å². The molecule has 1 amide bonds. The Hall–Kier alpha value is -2.19. The second-order valence-electron chi connectivity index (χ2n) is 7.89. The predicted molar refractivity (Wildman–Crippen MR) is 108 cm³/mol. The fraction of sp³-hybridized carbons (Fsp3) is 0.524. The Bertz CT molecular complexity index is 963. The lowest BCUT2D eigenvalue weighted by molar-refractivity contribution is -0.133. The number of carbonyl (C=O) groups is 1. The number of rotatable bonds is 10. The molecule has 8 heteroatoms. The van der Waals surface area contributed by atoms with Crippen LogP contribution in [-0.2, 0) is 38.2 Å².